The van der Waals surface area contributed by atoms with Gasteiger partial charge in [-0.25, -0.2) is 9.97 Å². The molecule has 0 saturated heterocycles. The van der Waals surface area contributed by atoms with Crippen molar-refractivity contribution >= 4 is 27.5 Å². The Bertz CT molecular complexity index is 578. The quantitative estimate of drug-likeness (QED) is 0.927. The Balaban J connectivity index is 2.31. The Morgan fingerprint density at radius 2 is 1.78 bits per heavy atom. The maximum absolute atomic E-state index is 12.2. The van der Waals surface area contributed by atoms with Crippen molar-refractivity contribution in [3.63, 3.8) is 0 Å². The normalized spacial score (nSPS) is 10.2. The second kappa shape index (κ2) is 5.27. The summed E-state index contributed by atoms with van der Waals surface area (Å²) in [5.41, 5.74) is 2.59. The number of halogens is 1. The van der Waals surface area contributed by atoms with Gasteiger partial charge in [-0.15, -0.1) is 0 Å². The number of nitrogens with one attached hydrogen (secondary N) is 1. The Morgan fingerprint density at radius 3 is 2.39 bits per heavy atom. The first-order chi connectivity index (χ1) is 8.59. The van der Waals surface area contributed by atoms with Crippen LogP contribution in [-0.2, 0) is 0 Å². The van der Waals surface area contributed by atoms with Gasteiger partial charge in [0.1, 0.15) is 6.33 Å². The van der Waals surface area contributed by atoms with E-state index in [4.69, 9.17) is 0 Å². The van der Waals surface area contributed by atoms with E-state index in [9.17, 15) is 4.79 Å². The molecule has 0 aliphatic heterocycles. The summed E-state index contributed by atoms with van der Waals surface area (Å²) in [7, 11) is 0. The lowest BCUT2D eigenvalue weighted by atomic mass is 10.1. The smallest absolute Gasteiger partial charge is 0.259 e. The van der Waals surface area contributed by atoms with E-state index in [0.717, 1.165) is 10.2 Å². The number of aromatic nitrogens is 2. The molecular formula is C13H12BrN3O. The number of para-hydroxylation sites is 1. The van der Waals surface area contributed by atoms with Crippen molar-refractivity contribution < 1.29 is 4.79 Å². The first kappa shape index (κ1) is 12.7. The molecule has 2 aromatic rings. The molecule has 0 atom stereocenters. The van der Waals surface area contributed by atoms with Gasteiger partial charge in [0.25, 0.3) is 5.91 Å². The predicted molar refractivity (Wildman–Crippen MR) is 73.6 cm³/mol. The number of amides is 1. The van der Waals surface area contributed by atoms with Crippen LogP contribution in [0.3, 0.4) is 0 Å². The monoisotopic (exact) mass is 305 g/mol. The predicted octanol–water partition coefficient (Wildman–Crippen LogP) is 3.11. The summed E-state index contributed by atoms with van der Waals surface area (Å²) >= 11 is 3.39. The number of benzene rings is 1. The minimum Gasteiger partial charge on any atom is -0.321 e. The van der Waals surface area contributed by atoms with E-state index in [0.29, 0.717) is 17.0 Å². The summed E-state index contributed by atoms with van der Waals surface area (Å²) in [6.45, 7) is 3.59. The summed E-state index contributed by atoms with van der Waals surface area (Å²) in [4.78, 5) is 20.3. The van der Waals surface area contributed by atoms with Gasteiger partial charge in [-0.05, 0) is 41.9 Å². The van der Waals surface area contributed by atoms with E-state index >= 15 is 0 Å². The first-order valence-corrected chi connectivity index (χ1v) is 6.23. The standard InChI is InChI=1S/C13H12BrN3O/c1-8-12(9(2)16-7-15-8)13(18)17-11-6-4-3-5-10(11)14/h3-7H,1-2H3,(H,17,18). The topological polar surface area (TPSA) is 54.9 Å². The molecule has 2 rings (SSSR count). The molecule has 1 amide bonds. The third-order valence-corrected chi connectivity index (χ3v) is 3.27. The molecule has 0 fully saturated rings. The summed E-state index contributed by atoms with van der Waals surface area (Å²) in [6, 6.07) is 7.46. The lowest BCUT2D eigenvalue weighted by Crippen LogP contribution is -2.16. The summed E-state index contributed by atoms with van der Waals surface area (Å²) in [5, 5.41) is 2.84. The van der Waals surface area contributed by atoms with Crippen LogP contribution in [0.15, 0.2) is 35.1 Å². The number of aryl methyl sites for hydroxylation is 2. The largest absolute Gasteiger partial charge is 0.321 e. The molecule has 1 N–H and O–H groups in total. The fourth-order valence-corrected chi connectivity index (χ4v) is 2.05. The molecule has 0 unspecified atom stereocenters. The van der Waals surface area contributed by atoms with Gasteiger partial charge in [0.05, 0.1) is 22.6 Å². The number of hydrogen-bond acceptors (Lipinski definition) is 3. The van der Waals surface area contributed by atoms with Gasteiger partial charge < -0.3 is 5.32 Å². The van der Waals surface area contributed by atoms with Crippen LogP contribution >= 0.6 is 15.9 Å². The molecule has 0 saturated carbocycles. The average Bonchev–Trinajstić information content (AvgIpc) is 2.32. The minimum absolute atomic E-state index is 0.197. The molecule has 0 bridgehead atoms. The maximum atomic E-state index is 12.2. The fraction of sp³-hybridized carbons (Fsp3) is 0.154. The van der Waals surface area contributed by atoms with Gasteiger partial charge in [-0.3, -0.25) is 4.79 Å². The molecule has 0 aliphatic rings. The lowest BCUT2D eigenvalue weighted by Gasteiger charge is -2.10. The van der Waals surface area contributed by atoms with Crippen molar-refractivity contribution in [3.8, 4) is 0 Å². The van der Waals surface area contributed by atoms with Gasteiger partial charge in [0.2, 0.25) is 0 Å². The van der Waals surface area contributed by atoms with Crippen LogP contribution < -0.4 is 5.32 Å². The van der Waals surface area contributed by atoms with Crippen LogP contribution in [0, 0.1) is 13.8 Å². The second-order valence-corrected chi connectivity index (χ2v) is 4.71. The van der Waals surface area contributed by atoms with Gasteiger partial charge in [0.15, 0.2) is 0 Å². The van der Waals surface area contributed by atoms with Crippen LogP contribution in [0.4, 0.5) is 5.69 Å². The van der Waals surface area contributed by atoms with Crippen LogP contribution in [0.2, 0.25) is 0 Å². The average molecular weight is 306 g/mol. The van der Waals surface area contributed by atoms with Gasteiger partial charge in [0, 0.05) is 4.47 Å². The van der Waals surface area contributed by atoms with Crippen LogP contribution in [0.1, 0.15) is 21.7 Å². The molecule has 4 nitrogen and oxygen atoms in total. The molecule has 92 valence electrons. The van der Waals surface area contributed by atoms with E-state index in [1.165, 1.54) is 6.33 Å². The van der Waals surface area contributed by atoms with Crippen LogP contribution in [0.25, 0.3) is 0 Å². The number of carbonyl (C=O) groups is 1. The highest BCUT2D eigenvalue weighted by Crippen LogP contribution is 2.22. The van der Waals surface area contributed by atoms with Crippen molar-refractivity contribution in [1.29, 1.82) is 0 Å². The number of carbonyl (C=O) groups excluding carboxylic acids is 1. The Morgan fingerprint density at radius 1 is 1.17 bits per heavy atom. The highest BCUT2D eigenvalue weighted by Gasteiger charge is 2.14. The first-order valence-electron chi connectivity index (χ1n) is 5.43. The molecule has 1 aromatic carbocycles. The molecule has 0 radical (unpaired) electrons. The fourth-order valence-electron chi connectivity index (χ4n) is 1.67. The zero-order chi connectivity index (χ0) is 13.1. The summed E-state index contributed by atoms with van der Waals surface area (Å²) in [5.74, 6) is -0.197. The molecule has 1 aromatic heterocycles. The van der Waals surface area contributed by atoms with Crippen molar-refractivity contribution in [2.75, 3.05) is 5.32 Å². The highest BCUT2D eigenvalue weighted by molar-refractivity contribution is 9.10. The van der Waals surface area contributed by atoms with E-state index < -0.39 is 0 Å². The molecule has 5 heteroatoms. The van der Waals surface area contributed by atoms with Crippen LogP contribution in [0.5, 0.6) is 0 Å². The molecular weight excluding hydrogens is 294 g/mol. The van der Waals surface area contributed by atoms with Crippen molar-refractivity contribution in [3.05, 3.63) is 52.0 Å². The Labute approximate surface area is 114 Å². The van der Waals surface area contributed by atoms with Gasteiger partial charge >= 0.3 is 0 Å². The van der Waals surface area contributed by atoms with Gasteiger partial charge in [-0.1, -0.05) is 12.1 Å². The van der Waals surface area contributed by atoms with E-state index in [2.05, 4.69) is 31.2 Å². The SMILES string of the molecule is Cc1ncnc(C)c1C(=O)Nc1ccccc1Br. The molecule has 0 aliphatic carbocycles. The van der Waals surface area contributed by atoms with E-state index in [1.54, 1.807) is 13.8 Å². The van der Waals surface area contributed by atoms with Crippen molar-refractivity contribution in [1.82, 2.24) is 9.97 Å². The molecule has 0 spiro atoms. The third kappa shape index (κ3) is 2.56. The highest BCUT2D eigenvalue weighted by atomic mass is 79.9. The van der Waals surface area contributed by atoms with Crippen molar-refractivity contribution in [2.45, 2.75) is 13.8 Å². The van der Waals surface area contributed by atoms with Crippen LogP contribution in [-0.4, -0.2) is 15.9 Å². The van der Waals surface area contributed by atoms with E-state index in [-0.39, 0.29) is 5.91 Å². The molecule has 1 heterocycles. The number of nitrogens with zero attached hydrogens (tertiary/aromatic N) is 2. The second-order valence-electron chi connectivity index (χ2n) is 3.85. The van der Waals surface area contributed by atoms with E-state index in [1.807, 2.05) is 24.3 Å². The zero-order valence-electron chi connectivity index (χ0n) is 10.1. The zero-order valence-corrected chi connectivity index (χ0v) is 11.7. The summed E-state index contributed by atoms with van der Waals surface area (Å²) < 4.78 is 0.838. The third-order valence-electron chi connectivity index (χ3n) is 2.58. The van der Waals surface area contributed by atoms with Crippen molar-refractivity contribution in [2.24, 2.45) is 0 Å². The Hall–Kier alpha value is -1.75. The summed E-state index contributed by atoms with van der Waals surface area (Å²) in [6.07, 6.45) is 1.46. The number of hydrogen-bond donors (Lipinski definition) is 1. The number of anilines is 1. The number of rotatable bonds is 2. The van der Waals surface area contributed by atoms with Gasteiger partial charge in [-0.2, -0.15) is 0 Å². The lowest BCUT2D eigenvalue weighted by molar-refractivity contribution is 0.102. The minimum atomic E-state index is -0.197. The Kier molecular flexibility index (Phi) is 3.72. The molecule has 18 heavy (non-hydrogen) atoms. The maximum Gasteiger partial charge on any atom is 0.259 e.